The number of allylic oxidation sites excluding steroid dienone is 2. The SMILES string of the molecule is CCCCC1=C(B2C3CCCC2CCC3)CC[Si]1(c1ccccc1)c1ccccc1. The van der Waals surface area contributed by atoms with Crippen molar-refractivity contribution < 1.29 is 0 Å². The predicted octanol–water partition coefficient (Wildman–Crippen LogP) is 6.82. The van der Waals surface area contributed by atoms with Crippen molar-refractivity contribution >= 4 is 25.2 Å². The molecule has 2 aromatic carbocycles. The molecule has 3 aliphatic heterocycles. The highest BCUT2D eigenvalue weighted by Gasteiger charge is 2.50. The highest BCUT2D eigenvalue weighted by molar-refractivity contribution is 7.08. The summed E-state index contributed by atoms with van der Waals surface area (Å²) in [5.74, 6) is 1.97. The van der Waals surface area contributed by atoms with E-state index in [2.05, 4.69) is 67.6 Å². The summed E-state index contributed by atoms with van der Waals surface area (Å²) < 4.78 is 0. The summed E-state index contributed by atoms with van der Waals surface area (Å²) in [6.07, 6.45) is 14.4. The van der Waals surface area contributed by atoms with Gasteiger partial charge in [0.2, 0.25) is 0 Å². The third-order valence-corrected chi connectivity index (χ3v) is 13.9. The molecule has 0 unspecified atom stereocenters. The maximum atomic E-state index is 2.47. The number of hydrogen-bond donors (Lipinski definition) is 0. The van der Waals surface area contributed by atoms with E-state index in [0.717, 1.165) is 18.3 Å². The molecule has 0 aliphatic carbocycles. The van der Waals surface area contributed by atoms with Crippen LogP contribution < -0.4 is 10.4 Å². The Balaban J connectivity index is 1.68. The highest BCUT2D eigenvalue weighted by atomic mass is 28.3. The first-order valence-corrected chi connectivity index (χ1v) is 14.9. The molecule has 3 aliphatic rings. The van der Waals surface area contributed by atoms with Crippen LogP contribution in [0, 0.1) is 0 Å². The standard InChI is InChI=1S/C28H37BSi/c1-2-3-20-28-27(29-23-12-10-13-24(29)15-11-14-23)21-22-30(28,25-16-6-4-7-17-25)26-18-8-5-9-19-26/h4-9,16-19,23-24H,2-3,10-15,20-22H2,1H3. The summed E-state index contributed by atoms with van der Waals surface area (Å²) in [7, 11) is -1.87. The normalized spacial score (nSPS) is 25.6. The number of benzene rings is 2. The number of hydrogen-bond acceptors (Lipinski definition) is 0. The second-order valence-electron chi connectivity index (χ2n) is 10.2. The van der Waals surface area contributed by atoms with Crippen LogP contribution in [0.5, 0.6) is 0 Å². The van der Waals surface area contributed by atoms with Gasteiger partial charge in [0, 0.05) is 0 Å². The van der Waals surface area contributed by atoms with Crippen molar-refractivity contribution in [2.45, 2.75) is 88.8 Å². The number of fused-ring (bicyclic) bond motifs is 2. The van der Waals surface area contributed by atoms with Crippen LogP contribution in [-0.2, 0) is 0 Å². The molecule has 0 radical (unpaired) electrons. The second kappa shape index (κ2) is 8.91. The molecule has 2 fully saturated rings. The Morgan fingerprint density at radius 1 is 0.800 bits per heavy atom. The van der Waals surface area contributed by atoms with E-state index in [1.807, 2.05) is 10.7 Å². The maximum Gasteiger partial charge on any atom is 0.176 e. The van der Waals surface area contributed by atoms with Crippen molar-refractivity contribution in [3.05, 3.63) is 71.3 Å². The highest BCUT2D eigenvalue weighted by Crippen LogP contribution is 2.53. The molecular formula is C28H37BSi. The topological polar surface area (TPSA) is 0 Å². The van der Waals surface area contributed by atoms with Gasteiger partial charge in [0.25, 0.3) is 0 Å². The Morgan fingerprint density at radius 2 is 1.33 bits per heavy atom. The largest absolute Gasteiger partial charge is 0.176 e. The molecule has 2 saturated heterocycles. The molecule has 2 bridgehead atoms. The third kappa shape index (κ3) is 3.46. The fourth-order valence-corrected chi connectivity index (χ4v) is 13.0. The van der Waals surface area contributed by atoms with E-state index in [0.29, 0.717) is 0 Å². The van der Waals surface area contributed by atoms with Crippen molar-refractivity contribution in [2.75, 3.05) is 0 Å². The zero-order valence-corrected chi connectivity index (χ0v) is 19.8. The summed E-state index contributed by atoms with van der Waals surface area (Å²) in [5, 5.41) is 5.29. The van der Waals surface area contributed by atoms with E-state index in [4.69, 9.17) is 0 Å². The van der Waals surface area contributed by atoms with Gasteiger partial charge in [-0.2, -0.15) is 0 Å². The average molecular weight is 413 g/mol. The van der Waals surface area contributed by atoms with E-state index >= 15 is 0 Å². The molecule has 0 aromatic heterocycles. The lowest BCUT2D eigenvalue weighted by molar-refractivity contribution is 0.445. The first-order valence-electron chi connectivity index (χ1n) is 12.7. The molecule has 30 heavy (non-hydrogen) atoms. The van der Waals surface area contributed by atoms with Crippen LogP contribution in [0.3, 0.4) is 0 Å². The fourth-order valence-electron chi connectivity index (χ4n) is 7.49. The molecule has 0 spiro atoms. The summed E-state index contributed by atoms with van der Waals surface area (Å²) in [6.45, 7) is 3.29. The summed E-state index contributed by atoms with van der Waals surface area (Å²) >= 11 is 0. The number of unbranched alkanes of at least 4 members (excludes halogenated alkanes) is 1. The zero-order chi connectivity index (χ0) is 20.4. The van der Waals surface area contributed by atoms with Crippen LogP contribution in [0.2, 0.25) is 17.7 Å². The second-order valence-corrected chi connectivity index (χ2v) is 14.2. The van der Waals surface area contributed by atoms with Gasteiger partial charge < -0.3 is 0 Å². The minimum absolute atomic E-state index is 0.918. The fraction of sp³-hybridized carbons (Fsp3) is 0.500. The van der Waals surface area contributed by atoms with Gasteiger partial charge in [-0.1, -0.05) is 136 Å². The van der Waals surface area contributed by atoms with Gasteiger partial charge in [-0.05, 0) is 29.3 Å². The number of rotatable bonds is 6. The Hall–Kier alpha value is -1.54. The van der Waals surface area contributed by atoms with E-state index in [1.165, 1.54) is 70.3 Å². The molecule has 0 amide bonds. The molecular weight excluding hydrogens is 375 g/mol. The Bertz CT molecular complexity index is 811. The lowest BCUT2D eigenvalue weighted by Crippen LogP contribution is -2.58. The van der Waals surface area contributed by atoms with Crippen LogP contribution in [0.15, 0.2) is 71.3 Å². The van der Waals surface area contributed by atoms with Gasteiger partial charge in [0.15, 0.2) is 6.71 Å². The predicted molar refractivity (Wildman–Crippen MR) is 135 cm³/mol. The van der Waals surface area contributed by atoms with Crippen molar-refractivity contribution in [1.29, 1.82) is 0 Å². The van der Waals surface area contributed by atoms with Crippen LogP contribution in [0.25, 0.3) is 0 Å². The van der Waals surface area contributed by atoms with Crippen LogP contribution in [0.4, 0.5) is 0 Å². The Labute approximate surface area is 185 Å². The molecule has 5 rings (SSSR count). The lowest BCUT2D eigenvalue weighted by atomic mass is 9.24. The molecule has 0 nitrogen and oxygen atoms in total. The molecule has 0 saturated carbocycles. The minimum atomic E-state index is -1.87. The van der Waals surface area contributed by atoms with Gasteiger partial charge in [-0.15, -0.1) is 5.47 Å². The van der Waals surface area contributed by atoms with Crippen molar-refractivity contribution in [3.8, 4) is 0 Å². The Morgan fingerprint density at radius 3 is 1.83 bits per heavy atom. The van der Waals surface area contributed by atoms with E-state index in [9.17, 15) is 0 Å². The lowest BCUT2D eigenvalue weighted by Gasteiger charge is -2.42. The van der Waals surface area contributed by atoms with Gasteiger partial charge in [-0.25, -0.2) is 0 Å². The molecule has 156 valence electrons. The first-order chi connectivity index (χ1) is 14.8. The van der Waals surface area contributed by atoms with Crippen LogP contribution in [-0.4, -0.2) is 14.8 Å². The molecule has 2 aromatic rings. The van der Waals surface area contributed by atoms with E-state index in [1.54, 1.807) is 10.4 Å². The van der Waals surface area contributed by atoms with Crippen LogP contribution >= 0.6 is 0 Å². The minimum Gasteiger partial charge on any atom is -0.105 e. The van der Waals surface area contributed by atoms with E-state index in [-0.39, 0.29) is 0 Å². The molecule has 3 heterocycles. The van der Waals surface area contributed by atoms with Gasteiger partial charge >= 0.3 is 0 Å². The zero-order valence-electron chi connectivity index (χ0n) is 18.8. The molecule has 0 N–H and O–H groups in total. The van der Waals surface area contributed by atoms with Crippen molar-refractivity contribution in [2.24, 2.45) is 0 Å². The monoisotopic (exact) mass is 412 g/mol. The quantitative estimate of drug-likeness (QED) is 0.457. The van der Waals surface area contributed by atoms with E-state index < -0.39 is 8.07 Å². The van der Waals surface area contributed by atoms with Gasteiger partial charge in [0.1, 0.15) is 8.07 Å². The van der Waals surface area contributed by atoms with Crippen molar-refractivity contribution in [1.82, 2.24) is 0 Å². The average Bonchev–Trinajstić information content (AvgIpc) is 3.18. The summed E-state index contributed by atoms with van der Waals surface area (Å²) in [6, 6.07) is 24.8. The summed E-state index contributed by atoms with van der Waals surface area (Å²) in [5.41, 5.74) is 1.97. The van der Waals surface area contributed by atoms with Gasteiger partial charge in [-0.3, -0.25) is 0 Å². The summed E-state index contributed by atoms with van der Waals surface area (Å²) in [4.78, 5) is 0. The van der Waals surface area contributed by atoms with Crippen LogP contribution in [0.1, 0.15) is 71.1 Å². The smallest absolute Gasteiger partial charge is 0.105 e. The first kappa shape index (κ1) is 20.4. The molecule has 0 atom stereocenters. The van der Waals surface area contributed by atoms with Gasteiger partial charge in [0.05, 0.1) is 0 Å². The third-order valence-electron chi connectivity index (χ3n) is 8.70. The Kier molecular flexibility index (Phi) is 6.05. The maximum absolute atomic E-state index is 2.47. The van der Waals surface area contributed by atoms with Crippen molar-refractivity contribution in [3.63, 3.8) is 0 Å². The molecule has 2 heteroatoms.